The molecule has 2 aromatic rings. The van der Waals surface area contributed by atoms with Crippen LogP contribution in [0.25, 0.3) is 0 Å². The Morgan fingerprint density at radius 3 is 2.86 bits per heavy atom. The van der Waals surface area contributed by atoms with Crippen molar-refractivity contribution >= 4 is 11.8 Å². The van der Waals surface area contributed by atoms with Crippen LogP contribution in [0.3, 0.4) is 0 Å². The Hall–Kier alpha value is -2.70. The zero-order valence-corrected chi connectivity index (χ0v) is 11.6. The number of hydrogen-bond donors (Lipinski definition) is 2. The van der Waals surface area contributed by atoms with Crippen molar-refractivity contribution in [3.05, 3.63) is 42.0 Å². The van der Waals surface area contributed by atoms with E-state index in [9.17, 15) is 4.79 Å². The van der Waals surface area contributed by atoms with Gasteiger partial charge in [-0.2, -0.15) is 4.98 Å². The third-order valence-corrected chi connectivity index (χ3v) is 2.58. The number of aromatic nitrogens is 3. The predicted molar refractivity (Wildman–Crippen MR) is 76.3 cm³/mol. The third-order valence-electron chi connectivity index (χ3n) is 2.58. The zero-order valence-electron chi connectivity index (χ0n) is 11.6. The van der Waals surface area contributed by atoms with E-state index in [0.29, 0.717) is 24.8 Å². The van der Waals surface area contributed by atoms with Gasteiger partial charge in [0.05, 0.1) is 19.0 Å². The molecule has 0 aliphatic carbocycles. The van der Waals surface area contributed by atoms with Crippen LogP contribution >= 0.6 is 0 Å². The third kappa shape index (κ3) is 4.41. The van der Waals surface area contributed by atoms with Crippen molar-refractivity contribution in [3.8, 4) is 5.88 Å². The Balaban J connectivity index is 1.94. The molecule has 0 radical (unpaired) electrons. The molecule has 110 valence electrons. The first-order valence-corrected chi connectivity index (χ1v) is 6.56. The van der Waals surface area contributed by atoms with Gasteiger partial charge in [-0.05, 0) is 18.1 Å². The van der Waals surface area contributed by atoms with E-state index in [0.717, 1.165) is 12.0 Å². The fourth-order valence-corrected chi connectivity index (χ4v) is 1.56. The van der Waals surface area contributed by atoms with Gasteiger partial charge >= 0.3 is 5.97 Å². The van der Waals surface area contributed by atoms with Crippen molar-refractivity contribution in [2.24, 2.45) is 0 Å². The summed E-state index contributed by atoms with van der Waals surface area (Å²) in [6.07, 6.45) is 5.57. The van der Waals surface area contributed by atoms with E-state index in [1.54, 1.807) is 18.5 Å². The Bertz CT molecular complexity index is 601. The minimum atomic E-state index is -1.04. The molecule has 0 spiro atoms. The van der Waals surface area contributed by atoms with Gasteiger partial charge in [-0.25, -0.2) is 9.78 Å². The molecule has 0 unspecified atom stereocenters. The van der Waals surface area contributed by atoms with Crippen LogP contribution in [0.2, 0.25) is 0 Å². The molecule has 2 aromatic heterocycles. The van der Waals surface area contributed by atoms with Crippen LogP contribution in [0.1, 0.15) is 29.4 Å². The van der Waals surface area contributed by atoms with Crippen LogP contribution in [-0.2, 0) is 6.54 Å². The van der Waals surface area contributed by atoms with Gasteiger partial charge < -0.3 is 15.2 Å². The van der Waals surface area contributed by atoms with Crippen molar-refractivity contribution < 1.29 is 14.6 Å². The van der Waals surface area contributed by atoms with E-state index in [4.69, 9.17) is 9.84 Å². The lowest BCUT2D eigenvalue weighted by atomic mass is 10.2. The molecule has 0 saturated heterocycles. The van der Waals surface area contributed by atoms with E-state index >= 15 is 0 Å². The molecule has 21 heavy (non-hydrogen) atoms. The van der Waals surface area contributed by atoms with Gasteiger partial charge in [0.15, 0.2) is 0 Å². The number of nitrogens with one attached hydrogen (secondary N) is 1. The number of ether oxygens (including phenoxy) is 1. The van der Waals surface area contributed by atoms with Gasteiger partial charge in [0.2, 0.25) is 5.88 Å². The van der Waals surface area contributed by atoms with Crippen molar-refractivity contribution in [2.45, 2.75) is 19.9 Å². The number of anilines is 1. The summed E-state index contributed by atoms with van der Waals surface area (Å²) in [5, 5.41) is 11.9. The van der Waals surface area contributed by atoms with Crippen LogP contribution < -0.4 is 10.1 Å². The SMILES string of the molecule is CCCOc1cncc(NCc2ccc(C(=O)O)nc2)n1. The van der Waals surface area contributed by atoms with Gasteiger partial charge in [-0.3, -0.25) is 4.98 Å². The monoisotopic (exact) mass is 288 g/mol. The Morgan fingerprint density at radius 1 is 1.33 bits per heavy atom. The summed E-state index contributed by atoms with van der Waals surface area (Å²) in [7, 11) is 0. The van der Waals surface area contributed by atoms with Crippen molar-refractivity contribution in [1.29, 1.82) is 0 Å². The van der Waals surface area contributed by atoms with E-state index in [-0.39, 0.29) is 5.69 Å². The summed E-state index contributed by atoms with van der Waals surface area (Å²) in [6.45, 7) is 3.08. The number of aromatic carboxylic acids is 1. The highest BCUT2D eigenvalue weighted by Gasteiger charge is 2.04. The highest BCUT2D eigenvalue weighted by Crippen LogP contribution is 2.10. The quantitative estimate of drug-likeness (QED) is 0.803. The summed E-state index contributed by atoms with van der Waals surface area (Å²) in [6, 6.07) is 3.17. The molecule has 0 fully saturated rings. The number of carbonyl (C=O) groups is 1. The molecule has 7 heteroatoms. The number of carboxylic acids is 1. The van der Waals surface area contributed by atoms with E-state index < -0.39 is 5.97 Å². The zero-order chi connectivity index (χ0) is 15.1. The molecule has 0 atom stereocenters. The van der Waals surface area contributed by atoms with Gasteiger partial charge in [0, 0.05) is 12.7 Å². The number of carboxylic acid groups (broad SMARTS) is 1. The van der Waals surface area contributed by atoms with Gasteiger partial charge in [-0.15, -0.1) is 0 Å². The smallest absolute Gasteiger partial charge is 0.354 e. The average molecular weight is 288 g/mol. The second-order valence-corrected chi connectivity index (χ2v) is 4.30. The average Bonchev–Trinajstić information content (AvgIpc) is 2.52. The number of pyridine rings is 1. The Labute approximate surface area is 122 Å². The van der Waals surface area contributed by atoms with E-state index in [1.807, 2.05) is 6.92 Å². The molecule has 0 aliphatic heterocycles. The molecule has 2 rings (SSSR count). The molecule has 0 aliphatic rings. The summed E-state index contributed by atoms with van der Waals surface area (Å²) in [4.78, 5) is 22.9. The maximum Gasteiger partial charge on any atom is 0.354 e. The van der Waals surface area contributed by atoms with Crippen LogP contribution in [0.15, 0.2) is 30.7 Å². The number of rotatable bonds is 7. The molecule has 0 amide bonds. The van der Waals surface area contributed by atoms with Crippen molar-refractivity contribution in [2.75, 3.05) is 11.9 Å². The van der Waals surface area contributed by atoms with Crippen LogP contribution in [0.4, 0.5) is 5.82 Å². The fraction of sp³-hybridized carbons (Fsp3) is 0.286. The summed E-state index contributed by atoms with van der Waals surface area (Å²) in [5.41, 5.74) is 0.871. The van der Waals surface area contributed by atoms with Gasteiger partial charge in [0.25, 0.3) is 0 Å². The lowest BCUT2D eigenvalue weighted by Gasteiger charge is -2.07. The fourth-order valence-electron chi connectivity index (χ4n) is 1.56. The van der Waals surface area contributed by atoms with Crippen LogP contribution in [0.5, 0.6) is 5.88 Å². The molecular weight excluding hydrogens is 272 g/mol. The molecule has 0 bridgehead atoms. The molecule has 0 saturated carbocycles. The molecule has 2 heterocycles. The van der Waals surface area contributed by atoms with Crippen molar-refractivity contribution in [3.63, 3.8) is 0 Å². The van der Waals surface area contributed by atoms with Crippen LogP contribution in [-0.4, -0.2) is 32.6 Å². The topological polar surface area (TPSA) is 97.2 Å². The predicted octanol–water partition coefficient (Wildman–Crippen LogP) is 1.97. The first kappa shape index (κ1) is 14.7. The van der Waals surface area contributed by atoms with E-state index in [2.05, 4.69) is 20.3 Å². The Morgan fingerprint density at radius 2 is 2.19 bits per heavy atom. The highest BCUT2D eigenvalue weighted by molar-refractivity contribution is 5.85. The first-order valence-electron chi connectivity index (χ1n) is 6.56. The largest absolute Gasteiger partial charge is 0.477 e. The van der Waals surface area contributed by atoms with Crippen LogP contribution in [0, 0.1) is 0 Å². The standard InChI is InChI=1S/C14H16N4O3/c1-2-5-21-13-9-15-8-12(18-13)17-7-10-3-4-11(14(19)20)16-6-10/h3-4,6,8-9H,2,5,7H2,1H3,(H,17,18)(H,19,20). The molecule has 2 N–H and O–H groups in total. The Kier molecular flexibility index (Phi) is 5.03. The van der Waals surface area contributed by atoms with Gasteiger partial charge in [-0.1, -0.05) is 13.0 Å². The lowest BCUT2D eigenvalue weighted by molar-refractivity contribution is 0.0690. The van der Waals surface area contributed by atoms with Gasteiger partial charge in [0.1, 0.15) is 11.5 Å². The number of hydrogen-bond acceptors (Lipinski definition) is 6. The summed E-state index contributed by atoms with van der Waals surface area (Å²) >= 11 is 0. The second-order valence-electron chi connectivity index (χ2n) is 4.30. The number of nitrogens with zero attached hydrogens (tertiary/aromatic N) is 3. The maximum atomic E-state index is 10.7. The minimum Gasteiger partial charge on any atom is -0.477 e. The maximum absolute atomic E-state index is 10.7. The minimum absolute atomic E-state index is 0.0218. The highest BCUT2D eigenvalue weighted by atomic mass is 16.5. The molecule has 0 aromatic carbocycles. The summed E-state index contributed by atoms with van der Waals surface area (Å²) in [5.74, 6) is 0.0215. The summed E-state index contributed by atoms with van der Waals surface area (Å²) < 4.78 is 5.40. The second kappa shape index (κ2) is 7.18. The molecule has 7 nitrogen and oxygen atoms in total. The lowest BCUT2D eigenvalue weighted by Crippen LogP contribution is -2.06. The van der Waals surface area contributed by atoms with Crippen molar-refractivity contribution in [1.82, 2.24) is 15.0 Å². The first-order chi connectivity index (χ1) is 10.2. The van der Waals surface area contributed by atoms with E-state index in [1.165, 1.54) is 12.3 Å². The molecular formula is C14H16N4O3. The normalized spacial score (nSPS) is 10.1.